The molecule has 1 aromatic heterocycles. The second-order valence-corrected chi connectivity index (χ2v) is 5.60. The summed E-state index contributed by atoms with van der Waals surface area (Å²) in [5.74, 6) is 0.0705. The fraction of sp³-hybridized carbons (Fsp3) is 0.615. The average molecular weight is 283 g/mol. The Balaban J connectivity index is 1.92. The lowest BCUT2D eigenvalue weighted by atomic mass is 10.3. The molecule has 1 fully saturated rings. The Morgan fingerprint density at radius 2 is 2.26 bits per heavy atom. The zero-order valence-electron chi connectivity index (χ0n) is 11.3. The number of nitrogen functional groups attached to an aromatic ring is 1. The zero-order chi connectivity index (χ0) is 13.7. The highest BCUT2D eigenvalue weighted by molar-refractivity contribution is 7.12. The third kappa shape index (κ3) is 3.68. The van der Waals surface area contributed by atoms with Crippen LogP contribution >= 0.6 is 11.3 Å². The summed E-state index contributed by atoms with van der Waals surface area (Å²) in [5.41, 5.74) is 6.41. The van der Waals surface area contributed by atoms with E-state index in [1.165, 1.54) is 11.3 Å². The van der Waals surface area contributed by atoms with Gasteiger partial charge < -0.3 is 15.4 Å². The van der Waals surface area contributed by atoms with Gasteiger partial charge >= 0.3 is 0 Å². The van der Waals surface area contributed by atoms with Gasteiger partial charge in [-0.25, -0.2) is 0 Å². The van der Waals surface area contributed by atoms with Gasteiger partial charge in [-0.15, -0.1) is 11.3 Å². The lowest BCUT2D eigenvalue weighted by molar-refractivity contribution is 0.0765. The van der Waals surface area contributed by atoms with Crippen LogP contribution in [0.3, 0.4) is 0 Å². The molecule has 1 aromatic rings. The number of nitrogens with two attached hydrogens (primary N) is 1. The molecule has 6 heteroatoms. The van der Waals surface area contributed by atoms with Gasteiger partial charge in [-0.2, -0.15) is 0 Å². The van der Waals surface area contributed by atoms with Gasteiger partial charge in [-0.1, -0.05) is 0 Å². The van der Waals surface area contributed by atoms with Gasteiger partial charge in [-0.05, 0) is 24.4 Å². The maximum atomic E-state index is 12.4. The van der Waals surface area contributed by atoms with E-state index >= 15 is 0 Å². The number of ether oxygens (including phenoxy) is 1. The number of carbonyl (C=O) groups excluding carboxylic acids is 1. The Bertz CT molecular complexity index is 422. The monoisotopic (exact) mass is 283 g/mol. The van der Waals surface area contributed by atoms with Crippen LogP contribution in [0.25, 0.3) is 0 Å². The van der Waals surface area contributed by atoms with Gasteiger partial charge in [0, 0.05) is 33.3 Å². The molecule has 0 aromatic carbocycles. The Hall–Kier alpha value is -1.11. The Labute approximate surface area is 117 Å². The predicted octanol–water partition coefficient (Wildman–Crippen LogP) is 1.12. The lowest BCUT2D eigenvalue weighted by Crippen LogP contribution is -2.35. The molecule has 0 aliphatic carbocycles. The molecule has 1 aliphatic heterocycles. The van der Waals surface area contributed by atoms with E-state index in [1.807, 2.05) is 10.3 Å². The van der Waals surface area contributed by atoms with E-state index in [2.05, 4.69) is 4.90 Å². The van der Waals surface area contributed by atoms with Crippen LogP contribution in [0.4, 0.5) is 5.69 Å². The summed E-state index contributed by atoms with van der Waals surface area (Å²) in [5, 5.41) is 1.87. The molecule has 5 nitrogen and oxygen atoms in total. The standard InChI is InChI=1S/C13H21N3O2S/c1-18-9-8-15-4-2-5-16(7-6-15)13(17)12-11(14)3-10-19-12/h3,10H,2,4-9,14H2,1H3. The summed E-state index contributed by atoms with van der Waals surface area (Å²) >= 11 is 1.42. The molecule has 1 aliphatic rings. The summed E-state index contributed by atoms with van der Waals surface area (Å²) in [6, 6.07) is 1.79. The first-order valence-electron chi connectivity index (χ1n) is 6.56. The zero-order valence-corrected chi connectivity index (χ0v) is 12.1. The van der Waals surface area contributed by atoms with Crippen molar-refractivity contribution in [3.05, 3.63) is 16.3 Å². The molecule has 0 spiro atoms. The number of methoxy groups -OCH3 is 1. The normalized spacial score (nSPS) is 17.4. The summed E-state index contributed by atoms with van der Waals surface area (Å²) in [6.45, 7) is 5.17. The molecular weight excluding hydrogens is 262 g/mol. The van der Waals surface area contributed by atoms with Crippen molar-refractivity contribution in [2.75, 3.05) is 52.2 Å². The van der Waals surface area contributed by atoms with E-state index in [-0.39, 0.29) is 5.91 Å². The Kier molecular flexibility index (Phi) is 5.18. The number of anilines is 1. The quantitative estimate of drug-likeness (QED) is 0.900. The van der Waals surface area contributed by atoms with E-state index in [0.29, 0.717) is 10.6 Å². The highest BCUT2D eigenvalue weighted by Crippen LogP contribution is 2.21. The minimum absolute atomic E-state index is 0.0705. The molecule has 2 N–H and O–H groups in total. The summed E-state index contributed by atoms with van der Waals surface area (Å²) in [4.78, 5) is 17.3. The molecule has 0 radical (unpaired) electrons. The molecule has 0 unspecified atom stereocenters. The van der Waals surface area contributed by atoms with Crippen LogP contribution in [0.15, 0.2) is 11.4 Å². The Morgan fingerprint density at radius 3 is 2.95 bits per heavy atom. The molecule has 0 bridgehead atoms. The van der Waals surface area contributed by atoms with Gasteiger partial charge in [0.1, 0.15) is 4.88 Å². The second kappa shape index (κ2) is 6.88. The first-order valence-corrected chi connectivity index (χ1v) is 7.44. The van der Waals surface area contributed by atoms with E-state index in [9.17, 15) is 4.79 Å². The third-order valence-corrected chi connectivity index (χ3v) is 4.30. The molecule has 0 atom stereocenters. The van der Waals surface area contributed by atoms with Gasteiger partial charge in [0.05, 0.1) is 12.3 Å². The average Bonchev–Trinajstić information content (AvgIpc) is 2.71. The van der Waals surface area contributed by atoms with Crippen molar-refractivity contribution >= 4 is 22.9 Å². The minimum atomic E-state index is 0.0705. The molecule has 1 amide bonds. The van der Waals surface area contributed by atoms with Gasteiger partial charge in [-0.3, -0.25) is 9.69 Å². The molecule has 0 saturated carbocycles. The number of nitrogens with zero attached hydrogens (tertiary/aromatic N) is 2. The highest BCUT2D eigenvalue weighted by Gasteiger charge is 2.22. The first kappa shape index (κ1) is 14.3. The van der Waals surface area contributed by atoms with E-state index in [1.54, 1.807) is 13.2 Å². The maximum Gasteiger partial charge on any atom is 0.266 e. The first-order chi connectivity index (χ1) is 9.22. The van der Waals surface area contributed by atoms with E-state index in [4.69, 9.17) is 10.5 Å². The van der Waals surface area contributed by atoms with Crippen molar-refractivity contribution in [2.24, 2.45) is 0 Å². The minimum Gasteiger partial charge on any atom is -0.397 e. The van der Waals surface area contributed by atoms with E-state index < -0.39 is 0 Å². The number of thiophene rings is 1. The van der Waals surface area contributed by atoms with Crippen LogP contribution in [-0.4, -0.2) is 62.1 Å². The molecule has 106 valence electrons. The van der Waals surface area contributed by atoms with Gasteiger partial charge in [0.25, 0.3) is 5.91 Å². The number of rotatable bonds is 4. The molecular formula is C13H21N3O2S. The summed E-state index contributed by atoms with van der Waals surface area (Å²) < 4.78 is 5.10. The van der Waals surface area contributed by atoms with Crippen molar-refractivity contribution in [2.45, 2.75) is 6.42 Å². The van der Waals surface area contributed by atoms with Crippen LogP contribution < -0.4 is 5.73 Å². The van der Waals surface area contributed by atoms with Crippen LogP contribution in [0.2, 0.25) is 0 Å². The topological polar surface area (TPSA) is 58.8 Å². The lowest BCUT2D eigenvalue weighted by Gasteiger charge is -2.21. The summed E-state index contributed by atoms with van der Waals surface area (Å²) in [6.07, 6.45) is 1.00. The number of amides is 1. The molecule has 2 heterocycles. The second-order valence-electron chi connectivity index (χ2n) is 4.69. The van der Waals surface area contributed by atoms with E-state index in [0.717, 1.165) is 45.8 Å². The molecule has 1 saturated heterocycles. The number of hydrogen-bond acceptors (Lipinski definition) is 5. The van der Waals surface area contributed by atoms with Crippen LogP contribution in [-0.2, 0) is 4.74 Å². The van der Waals surface area contributed by atoms with Crippen molar-refractivity contribution in [1.29, 1.82) is 0 Å². The number of hydrogen-bond donors (Lipinski definition) is 1. The van der Waals surface area contributed by atoms with Crippen LogP contribution in [0, 0.1) is 0 Å². The molecule has 19 heavy (non-hydrogen) atoms. The van der Waals surface area contributed by atoms with Crippen LogP contribution in [0.5, 0.6) is 0 Å². The SMILES string of the molecule is COCCN1CCCN(C(=O)c2sccc2N)CC1. The predicted molar refractivity (Wildman–Crippen MR) is 77.6 cm³/mol. The molecule has 2 rings (SSSR count). The Morgan fingerprint density at radius 1 is 1.42 bits per heavy atom. The van der Waals surface area contributed by atoms with Crippen LogP contribution in [0.1, 0.15) is 16.1 Å². The van der Waals surface area contributed by atoms with Crippen molar-refractivity contribution in [3.8, 4) is 0 Å². The summed E-state index contributed by atoms with van der Waals surface area (Å²) in [7, 11) is 1.72. The largest absolute Gasteiger partial charge is 0.397 e. The maximum absolute atomic E-state index is 12.4. The van der Waals surface area contributed by atoms with Crippen molar-refractivity contribution < 1.29 is 9.53 Å². The van der Waals surface area contributed by atoms with Crippen molar-refractivity contribution in [3.63, 3.8) is 0 Å². The highest BCUT2D eigenvalue weighted by atomic mass is 32.1. The fourth-order valence-corrected chi connectivity index (χ4v) is 3.04. The van der Waals surface area contributed by atoms with Gasteiger partial charge in [0.15, 0.2) is 0 Å². The van der Waals surface area contributed by atoms with Crippen molar-refractivity contribution in [1.82, 2.24) is 9.80 Å². The fourth-order valence-electron chi connectivity index (χ4n) is 2.25. The number of carbonyl (C=O) groups is 1. The third-order valence-electron chi connectivity index (χ3n) is 3.38. The van der Waals surface area contributed by atoms with Gasteiger partial charge in [0.2, 0.25) is 0 Å². The smallest absolute Gasteiger partial charge is 0.266 e.